The zero-order valence-corrected chi connectivity index (χ0v) is 18.1. The Balaban J connectivity index is 0.00000312. The third-order valence-corrected chi connectivity index (χ3v) is 4.49. The molecule has 0 atom stereocenters. The number of nitrogens with zero attached hydrogens (tertiary/aromatic N) is 2. The molecule has 1 aromatic rings. The fourth-order valence-corrected chi connectivity index (χ4v) is 3.01. The van der Waals surface area contributed by atoms with Crippen molar-refractivity contribution in [1.82, 2.24) is 15.5 Å². The Labute approximate surface area is 170 Å². The summed E-state index contributed by atoms with van der Waals surface area (Å²) >= 11 is 0. The lowest BCUT2D eigenvalue weighted by molar-refractivity contribution is 0.203. The van der Waals surface area contributed by atoms with Crippen molar-refractivity contribution in [3.05, 3.63) is 24.2 Å². The van der Waals surface area contributed by atoms with Crippen molar-refractivity contribution in [1.29, 1.82) is 0 Å². The first-order chi connectivity index (χ1) is 11.8. The van der Waals surface area contributed by atoms with Crippen LogP contribution in [0.15, 0.2) is 27.8 Å². The van der Waals surface area contributed by atoms with Crippen LogP contribution in [0.1, 0.15) is 51.7 Å². The molecule has 0 aliphatic carbocycles. The minimum absolute atomic E-state index is 0. The average Bonchev–Trinajstić information content (AvgIpc) is 3.12. The molecule has 2 rings (SSSR count). The van der Waals surface area contributed by atoms with Crippen LogP contribution in [0.4, 0.5) is 0 Å². The maximum absolute atomic E-state index is 5.38. The maximum atomic E-state index is 5.38. The van der Waals surface area contributed by atoms with Crippen molar-refractivity contribution in [2.45, 2.75) is 58.4 Å². The Hall–Kier alpha value is -0.760. The van der Waals surface area contributed by atoms with E-state index < -0.39 is 0 Å². The molecule has 0 amide bonds. The second-order valence-corrected chi connectivity index (χ2v) is 6.60. The Morgan fingerprint density at radius 3 is 2.72 bits per heavy atom. The number of hydrogen-bond donors (Lipinski definition) is 2. The standard InChI is InChI=1S/C19H34N4O.HI/c1-3-5-13-23-14-9-17(10-15-23)22-19(20-11-4-2)21-12-8-18-7-6-16-24-18;/h6-7,16-17H,3-5,8-15H2,1-2H3,(H2,20,21,22);1H. The Kier molecular flexibility index (Phi) is 12.0. The van der Waals surface area contributed by atoms with Crippen LogP contribution in [0.3, 0.4) is 0 Å². The summed E-state index contributed by atoms with van der Waals surface area (Å²) in [5.74, 6) is 1.97. The number of halogens is 1. The highest BCUT2D eigenvalue weighted by molar-refractivity contribution is 14.0. The summed E-state index contributed by atoms with van der Waals surface area (Å²) in [5.41, 5.74) is 0. The first-order valence-electron chi connectivity index (χ1n) is 9.61. The molecule has 1 aliphatic heterocycles. The topological polar surface area (TPSA) is 52.8 Å². The van der Waals surface area contributed by atoms with Gasteiger partial charge in [-0.3, -0.25) is 4.99 Å². The third-order valence-electron chi connectivity index (χ3n) is 4.49. The van der Waals surface area contributed by atoms with Crippen molar-refractivity contribution >= 4 is 29.9 Å². The fraction of sp³-hybridized carbons (Fsp3) is 0.737. The summed E-state index contributed by atoms with van der Waals surface area (Å²) in [5, 5.41) is 7.08. The van der Waals surface area contributed by atoms with Crippen molar-refractivity contribution in [2.75, 3.05) is 32.7 Å². The summed E-state index contributed by atoms with van der Waals surface area (Å²) in [4.78, 5) is 7.27. The molecule has 0 spiro atoms. The van der Waals surface area contributed by atoms with Crippen LogP contribution in [0.5, 0.6) is 0 Å². The first kappa shape index (κ1) is 22.3. The Bertz CT molecular complexity index is 456. The van der Waals surface area contributed by atoms with Gasteiger partial charge in [0.1, 0.15) is 5.76 Å². The van der Waals surface area contributed by atoms with Gasteiger partial charge in [0, 0.05) is 38.6 Å². The summed E-state index contributed by atoms with van der Waals surface area (Å²) in [6.07, 6.45) is 8.69. The summed E-state index contributed by atoms with van der Waals surface area (Å²) < 4.78 is 5.38. The summed E-state index contributed by atoms with van der Waals surface area (Å²) in [7, 11) is 0. The molecule has 1 aromatic heterocycles. The SMILES string of the molecule is CCCCN1CCC(NC(=NCCC)NCCc2ccco2)CC1.I. The van der Waals surface area contributed by atoms with Gasteiger partial charge in [0.05, 0.1) is 6.26 Å². The van der Waals surface area contributed by atoms with Crippen LogP contribution < -0.4 is 10.6 Å². The molecule has 1 aliphatic rings. The molecular weight excluding hydrogens is 427 g/mol. The van der Waals surface area contributed by atoms with Crippen LogP contribution >= 0.6 is 24.0 Å². The van der Waals surface area contributed by atoms with Crippen LogP contribution in [-0.2, 0) is 6.42 Å². The number of nitrogens with one attached hydrogen (secondary N) is 2. The molecule has 0 unspecified atom stereocenters. The molecule has 1 saturated heterocycles. The second kappa shape index (κ2) is 13.4. The van der Waals surface area contributed by atoms with Gasteiger partial charge in [-0.15, -0.1) is 24.0 Å². The van der Waals surface area contributed by atoms with Gasteiger partial charge < -0.3 is 20.0 Å². The number of piperidine rings is 1. The summed E-state index contributed by atoms with van der Waals surface area (Å²) in [6, 6.07) is 4.49. The number of unbranched alkanes of at least 4 members (excludes halogenated alkanes) is 1. The van der Waals surface area contributed by atoms with E-state index in [-0.39, 0.29) is 24.0 Å². The normalized spacial score (nSPS) is 16.5. The molecule has 0 saturated carbocycles. The monoisotopic (exact) mass is 462 g/mol. The van der Waals surface area contributed by atoms with Crippen molar-refractivity contribution in [3.63, 3.8) is 0 Å². The van der Waals surface area contributed by atoms with E-state index in [1.54, 1.807) is 6.26 Å². The van der Waals surface area contributed by atoms with E-state index in [0.717, 1.165) is 37.7 Å². The molecule has 0 aromatic carbocycles. The molecular formula is C19H35IN4O. The highest BCUT2D eigenvalue weighted by Gasteiger charge is 2.19. The highest BCUT2D eigenvalue weighted by atomic mass is 127. The van der Waals surface area contributed by atoms with Gasteiger partial charge in [0.25, 0.3) is 0 Å². The maximum Gasteiger partial charge on any atom is 0.191 e. The zero-order valence-electron chi connectivity index (χ0n) is 15.8. The molecule has 6 heteroatoms. The molecule has 144 valence electrons. The number of rotatable bonds is 9. The number of likely N-dealkylation sites (tertiary alicyclic amines) is 1. The van der Waals surface area contributed by atoms with E-state index in [1.807, 2.05) is 12.1 Å². The lowest BCUT2D eigenvalue weighted by Gasteiger charge is -2.33. The minimum atomic E-state index is 0. The molecule has 0 radical (unpaired) electrons. The highest BCUT2D eigenvalue weighted by Crippen LogP contribution is 2.11. The van der Waals surface area contributed by atoms with Crippen molar-refractivity contribution < 1.29 is 4.42 Å². The largest absolute Gasteiger partial charge is 0.469 e. The number of hydrogen-bond acceptors (Lipinski definition) is 3. The predicted molar refractivity (Wildman–Crippen MR) is 116 cm³/mol. The van der Waals surface area contributed by atoms with Crippen LogP contribution in [0.25, 0.3) is 0 Å². The predicted octanol–water partition coefficient (Wildman–Crippen LogP) is 3.65. The molecule has 5 nitrogen and oxygen atoms in total. The Morgan fingerprint density at radius 1 is 1.28 bits per heavy atom. The average molecular weight is 462 g/mol. The molecule has 0 bridgehead atoms. The quantitative estimate of drug-likeness (QED) is 0.334. The summed E-state index contributed by atoms with van der Waals surface area (Å²) in [6.45, 7) is 9.79. The number of guanidine groups is 1. The smallest absolute Gasteiger partial charge is 0.191 e. The van der Waals surface area contributed by atoms with Gasteiger partial charge in [-0.05, 0) is 44.4 Å². The Morgan fingerprint density at radius 2 is 2.08 bits per heavy atom. The van der Waals surface area contributed by atoms with E-state index in [4.69, 9.17) is 4.42 Å². The van der Waals surface area contributed by atoms with Gasteiger partial charge in [-0.1, -0.05) is 20.3 Å². The van der Waals surface area contributed by atoms with Crippen LogP contribution in [-0.4, -0.2) is 49.6 Å². The van der Waals surface area contributed by atoms with Gasteiger partial charge in [-0.2, -0.15) is 0 Å². The first-order valence-corrected chi connectivity index (χ1v) is 9.61. The second-order valence-electron chi connectivity index (χ2n) is 6.60. The zero-order chi connectivity index (χ0) is 17.0. The van der Waals surface area contributed by atoms with Crippen LogP contribution in [0.2, 0.25) is 0 Å². The van der Waals surface area contributed by atoms with Gasteiger partial charge in [-0.25, -0.2) is 0 Å². The van der Waals surface area contributed by atoms with Crippen LogP contribution in [0, 0.1) is 0 Å². The van der Waals surface area contributed by atoms with E-state index in [9.17, 15) is 0 Å². The number of aliphatic imine (C=N–C) groups is 1. The molecule has 2 N–H and O–H groups in total. The lowest BCUT2D eigenvalue weighted by atomic mass is 10.0. The van der Waals surface area contributed by atoms with Gasteiger partial charge in [0.15, 0.2) is 5.96 Å². The molecule has 1 fully saturated rings. The van der Waals surface area contributed by atoms with E-state index in [1.165, 1.54) is 45.3 Å². The van der Waals surface area contributed by atoms with E-state index in [0.29, 0.717) is 6.04 Å². The van der Waals surface area contributed by atoms with E-state index in [2.05, 4.69) is 34.4 Å². The van der Waals surface area contributed by atoms with E-state index >= 15 is 0 Å². The van der Waals surface area contributed by atoms with Crippen molar-refractivity contribution in [3.8, 4) is 0 Å². The van der Waals surface area contributed by atoms with Gasteiger partial charge in [0.2, 0.25) is 0 Å². The molecule has 2 heterocycles. The minimum Gasteiger partial charge on any atom is -0.469 e. The fourth-order valence-electron chi connectivity index (χ4n) is 3.01. The third kappa shape index (κ3) is 8.94. The lowest BCUT2D eigenvalue weighted by Crippen LogP contribution is -2.49. The number of furan rings is 1. The van der Waals surface area contributed by atoms with Gasteiger partial charge >= 0.3 is 0 Å². The van der Waals surface area contributed by atoms with Crippen molar-refractivity contribution in [2.24, 2.45) is 4.99 Å². The molecule has 25 heavy (non-hydrogen) atoms.